The van der Waals surface area contributed by atoms with Crippen molar-refractivity contribution in [3.63, 3.8) is 0 Å². The molecule has 0 spiro atoms. The fraction of sp³-hybridized carbons (Fsp3) is 0.261. The van der Waals surface area contributed by atoms with Crippen molar-refractivity contribution in [1.29, 1.82) is 0 Å². The molecular formula is C23H25N3O3S. The Bertz CT molecular complexity index is 1040. The zero-order valence-electron chi connectivity index (χ0n) is 17.8. The van der Waals surface area contributed by atoms with E-state index in [4.69, 9.17) is 4.74 Å². The molecule has 0 aliphatic heterocycles. The summed E-state index contributed by atoms with van der Waals surface area (Å²) >= 11 is 1.35. The van der Waals surface area contributed by atoms with Gasteiger partial charge in [0.25, 0.3) is 0 Å². The maximum absolute atomic E-state index is 12.4. The third kappa shape index (κ3) is 4.68. The van der Waals surface area contributed by atoms with E-state index in [1.165, 1.54) is 18.3 Å². The van der Waals surface area contributed by atoms with E-state index in [2.05, 4.69) is 4.98 Å². The molecule has 1 heterocycles. The molecule has 0 fully saturated rings. The van der Waals surface area contributed by atoms with Gasteiger partial charge in [-0.05, 0) is 49.2 Å². The highest BCUT2D eigenvalue weighted by Gasteiger charge is 2.21. The number of anilines is 3. The standard InChI is InChI=1S/C23H25N3O3S/c1-15-7-6-8-16(2)21(15)26(17(3)27)23-24-19(14-30-23)13-29-22(28)18-9-11-20(12-10-18)25(4)5/h6-12,14H,13H2,1-5H3. The van der Waals surface area contributed by atoms with Crippen LogP contribution >= 0.6 is 11.3 Å². The number of benzene rings is 2. The second-order valence-corrected chi connectivity index (χ2v) is 8.07. The third-order valence-corrected chi connectivity index (χ3v) is 5.55. The topological polar surface area (TPSA) is 62.7 Å². The molecule has 1 amide bonds. The average Bonchev–Trinajstić information content (AvgIpc) is 3.17. The number of para-hydroxylation sites is 1. The van der Waals surface area contributed by atoms with Crippen LogP contribution in [0.4, 0.5) is 16.5 Å². The normalized spacial score (nSPS) is 10.6. The summed E-state index contributed by atoms with van der Waals surface area (Å²) in [6, 6.07) is 13.1. The molecule has 6 nitrogen and oxygen atoms in total. The van der Waals surface area contributed by atoms with Crippen LogP contribution in [0.5, 0.6) is 0 Å². The molecule has 0 bridgehead atoms. The molecule has 0 atom stereocenters. The van der Waals surface area contributed by atoms with Crippen LogP contribution in [-0.2, 0) is 16.1 Å². The molecule has 0 saturated carbocycles. The number of carbonyl (C=O) groups excluding carboxylic acids is 2. The van der Waals surface area contributed by atoms with Crippen molar-refractivity contribution in [3.8, 4) is 0 Å². The first-order chi connectivity index (χ1) is 14.3. The summed E-state index contributed by atoms with van der Waals surface area (Å²) in [5, 5.41) is 2.36. The van der Waals surface area contributed by atoms with Gasteiger partial charge in [0.1, 0.15) is 6.61 Å². The van der Waals surface area contributed by atoms with Crippen molar-refractivity contribution in [2.75, 3.05) is 23.9 Å². The Balaban J connectivity index is 1.73. The minimum absolute atomic E-state index is 0.0449. The molecule has 0 aliphatic carbocycles. The molecule has 156 valence electrons. The van der Waals surface area contributed by atoms with Crippen molar-refractivity contribution in [1.82, 2.24) is 4.98 Å². The Hall–Kier alpha value is -3.19. The largest absolute Gasteiger partial charge is 0.456 e. The number of thiazole rings is 1. The summed E-state index contributed by atoms with van der Waals surface area (Å²) < 4.78 is 5.41. The van der Waals surface area contributed by atoms with Crippen LogP contribution in [0.3, 0.4) is 0 Å². The maximum atomic E-state index is 12.4. The number of hydrogen-bond acceptors (Lipinski definition) is 6. The van der Waals surface area contributed by atoms with Gasteiger partial charge in [0.15, 0.2) is 5.13 Å². The highest BCUT2D eigenvalue weighted by Crippen LogP contribution is 2.33. The fourth-order valence-corrected chi connectivity index (χ4v) is 3.99. The molecule has 0 saturated heterocycles. The minimum atomic E-state index is -0.409. The molecular weight excluding hydrogens is 398 g/mol. The Morgan fingerprint density at radius 3 is 2.23 bits per heavy atom. The predicted octanol–water partition coefficient (Wildman–Crippen LogP) is 4.87. The zero-order chi connectivity index (χ0) is 21.8. The van der Waals surface area contributed by atoms with Crippen LogP contribution in [0.25, 0.3) is 0 Å². The second-order valence-electron chi connectivity index (χ2n) is 7.23. The van der Waals surface area contributed by atoms with Crippen molar-refractivity contribution >= 4 is 39.7 Å². The van der Waals surface area contributed by atoms with E-state index >= 15 is 0 Å². The van der Waals surface area contributed by atoms with Gasteiger partial charge in [-0.2, -0.15) is 0 Å². The number of hydrogen-bond donors (Lipinski definition) is 0. The quantitative estimate of drug-likeness (QED) is 0.530. The zero-order valence-corrected chi connectivity index (χ0v) is 18.6. The lowest BCUT2D eigenvalue weighted by Crippen LogP contribution is -2.24. The first-order valence-electron chi connectivity index (χ1n) is 9.53. The molecule has 2 aromatic carbocycles. The Morgan fingerprint density at radius 2 is 1.67 bits per heavy atom. The van der Waals surface area contributed by atoms with Crippen molar-refractivity contribution in [3.05, 3.63) is 70.2 Å². The summed E-state index contributed by atoms with van der Waals surface area (Å²) in [6.07, 6.45) is 0. The number of amides is 1. The highest BCUT2D eigenvalue weighted by atomic mass is 32.1. The summed E-state index contributed by atoms with van der Waals surface area (Å²) in [6.45, 7) is 5.50. The fourth-order valence-electron chi connectivity index (χ4n) is 3.13. The first-order valence-corrected chi connectivity index (χ1v) is 10.4. The van der Waals surface area contributed by atoms with E-state index in [1.807, 2.05) is 63.2 Å². The summed E-state index contributed by atoms with van der Waals surface area (Å²) in [5.74, 6) is -0.528. The molecule has 7 heteroatoms. The van der Waals surface area contributed by atoms with Crippen molar-refractivity contribution in [2.24, 2.45) is 0 Å². The lowest BCUT2D eigenvalue weighted by Gasteiger charge is -2.22. The predicted molar refractivity (Wildman–Crippen MR) is 121 cm³/mol. The van der Waals surface area contributed by atoms with Gasteiger partial charge in [0.2, 0.25) is 5.91 Å². The van der Waals surface area contributed by atoms with E-state index in [0.29, 0.717) is 16.4 Å². The summed E-state index contributed by atoms with van der Waals surface area (Å²) in [5.41, 5.74) is 4.92. The minimum Gasteiger partial charge on any atom is -0.456 e. The van der Waals surface area contributed by atoms with Crippen LogP contribution in [-0.4, -0.2) is 31.0 Å². The van der Waals surface area contributed by atoms with E-state index < -0.39 is 5.97 Å². The molecule has 0 unspecified atom stereocenters. The van der Waals surface area contributed by atoms with Crippen LogP contribution in [0.1, 0.15) is 34.1 Å². The number of aromatic nitrogens is 1. The second kappa shape index (κ2) is 9.09. The first kappa shape index (κ1) is 21.5. The number of ether oxygens (including phenoxy) is 1. The Labute approximate surface area is 180 Å². The van der Waals surface area contributed by atoms with E-state index in [9.17, 15) is 9.59 Å². The van der Waals surface area contributed by atoms with E-state index in [0.717, 1.165) is 22.5 Å². The Morgan fingerprint density at radius 1 is 1.03 bits per heavy atom. The number of rotatable bonds is 6. The monoisotopic (exact) mass is 423 g/mol. The van der Waals surface area contributed by atoms with Crippen molar-refractivity contribution in [2.45, 2.75) is 27.4 Å². The van der Waals surface area contributed by atoms with Gasteiger partial charge >= 0.3 is 5.97 Å². The van der Waals surface area contributed by atoms with E-state index in [1.54, 1.807) is 22.4 Å². The SMILES string of the molecule is CC(=O)N(c1nc(COC(=O)c2ccc(N(C)C)cc2)cs1)c1c(C)cccc1C. The van der Waals surface area contributed by atoms with Gasteiger partial charge in [-0.1, -0.05) is 18.2 Å². The highest BCUT2D eigenvalue weighted by molar-refractivity contribution is 7.14. The molecule has 30 heavy (non-hydrogen) atoms. The van der Waals surface area contributed by atoms with Gasteiger partial charge in [-0.25, -0.2) is 9.78 Å². The van der Waals surface area contributed by atoms with Gasteiger partial charge in [0, 0.05) is 32.1 Å². The van der Waals surface area contributed by atoms with Gasteiger partial charge in [-0.15, -0.1) is 11.3 Å². The Kier molecular flexibility index (Phi) is 6.52. The van der Waals surface area contributed by atoms with Crippen molar-refractivity contribution < 1.29 is 14.3 Å². The number of carbonyl (C=O) groups is 2. The lowest BCUT2D eigenvalue weighted by molar-refractivity contribution is -0.115. The molecule has 3 rings (SSSR count). The smallest absolute Gasteiger partial charge is 0.338 e. The number of esters is 1. The average molecular weight is 424 g/mol. The molecule has 0 radical (unpaired) electrons. The number of aryl methyl sites for hydroxylation is 2. The molecule has 3 aromatic rings. The van der Waals surface area contributed by atoms with Crippen LogP contribution in [0.15, 0.2) is 47.8 Å². The number of nitrogens with zero attached hydrogens (tertiary/aromatic N) is 3. The van der Waals surface area contributed by atoms with Crippen LogP contribution in [0, 0.1) is 13.8 Å². The maximum Gasteiger partial charge on any atom is 0.338 e. The third-order valence-electron chi connectivity index (χ3n) is 4.68. The van der Waals surface area contributed by atoms with Gasteiger partial charge < -0.3 is 9.64 Å². The van der Waals surface area contributed by atoms with Crippen LogP contribution in [0.2, 0.25) is 0 Å². The molecule has 0 N–H and O–H groups in total. The molecule has 0 aliphatic rings. The summed E-state index contributed by atoms with van der Waals surface area (Å²) in [4.78, 5) is 32.8. The summed E-state index contributed by atoms with van der Waals surface area (Å²) in [7, 11) is 3.88. The van der Waals surface area contributed by atoms with Crippen LogP contribution < -0.4 is 9.80 Å². The molecule has 1 aromatic heterocycles. The van der Waals surface area contributed by atoms with Gasteiger partial charge in [-0.3, -0.25) is 9.69 Å². The van der Waals surface area contributed by atoms with E-state index in [-0.39, 0.29) is 12.5 Å². The lowest BCUT2D eigenvalue weighted by atomic mass is 10.1. The van der Waals surface area contributed by atoms with Gasteiger partial charge in [0.05, 0.1) is 16.9 Å².